The Morgan fingerprint density at radius 2 is 2.00 bits per heavy atom. The number of aromatic hydroxyl groups is 2. The summed E-state index contributed by atoms with van der Waals surface area (Å²) in [5.74, 6) is -4.57. The van der Waals surface area contributed by atoms with Crippen molar-refractivity contribution >= 4 is 40.2 Å². The van der Waals surface area contributed by atoms with Gasteiger partial charge in [0.1, 0.15) is 16.4 Å². The zero-order valence-electron chi connectivity index (χ0n) is 14.8. The van der Waals surface area contributed by atoms with Gasteiger partial charge in [-0.05, 0) is 26.0 Å². The highest BCUT2D eigenvalue weighted by Gasteiger charge is 2.53. The van der Waals surface area contributed by atoms with Crippen LogP contribution in [0.4, 0.5) is 0 Å². The number of likely N-dealkylation sites (tertiary alicyclic amines) is 1. The van der Waals surface area contributed by atoms with Crippen LogP contribution in [0.2, 0.25) is 5.02 Å². The molecule has 1 aromatic rings. The molecule has 0 radical (unpaired) electrons. The maximum absolute atomic E-state index is 12.2. The van der Waals surface area contributed by atoms with E-state index in [-0.39, 0.29) is 12.0 Å². The Labute approximate surface area is 166 Å². The average Bonchev–Trinajstić information content (AvgIpc) is 2.61. The predicted octanol–water partition coefficient (Wildman–Crippen LogP) is 0.352. The number of esters is 1. The number of aliphatic carboxylic acids is 1. The summed E-state index contributed by atoms with van der Waals surface area (Å²) in [5, 5.41) is 27.9. The van der Waals surface area contributed by atoms with Crippen molar-refractivity contribution in [2.45, 2.75) is 37.1 Å². The van der Waals surface area contributed by atoms with Crippen LogP contribution in [0.25, 0.3) is 0 Å². The molecule has 10 nitrogen and oxygen atoms in total. The summed E-state index contributed by atoms with van der Waals surface area (Å²) in [6.45, 7) is 1.75. The second kappa shape index (κ2) is 7.84. The van der Waals surface area contributed by atoms with Crippen molar-refractivity contribution in [2.75, 3.05) is 6.61 Å². The number of phenols is 2. The van der Waals surface area contributed by atoms with E-state index in [1.54, 1.807) is 6.92 Å². The first-order valence-electron chi connectivity index (χ1n) is 7.97. The molecule has 1 aliphatic heterocycles. The molecule has 2 rings (SSSR count). The van der Waals surface area contributed by atoms with Crippen LogP contribution >= 0.6 is 11.6 Å². The first-order valence-corrected chi connectivity index (χ1v) is 9.53. The Morgan fingerprint density at radius 3 is 2.46 bits per heavy atom. The quantitative estimate of drug-likeness (QED) is 0.205. The summed E-state index contributed by atoms with van der Waals surface area (Å²) in [6.07, 6.45) is 0.0810. The molecule has 1 heterocycles. The highest BCUT2D eigenvalue weighted by Crippen LogP contribution is 2.36. The van der Waals surface area contributed by atoms with E-state index >= 15 is 0 Å². The summed E-state index contributed by atoms with van der Waals surface area (Å²) in [4.78, 5) is 36.7. The van der Waals surface area contributed by atoms with Crippen LogP contribution in [-0.2, 0) is 25.0 Å². The molecule has 154 valence electrons. The first kappa shape index (κ1) is 21.8. The second-order valence-corrected chi connectivity index (χ2v) is 8.49. The largest absolute Gasteiger partial charge is 0.504 e. The van der Waals surface area contributed by atoms with Gasteiger partial charge in [-0.2, -0.15) is 0 Å². The summed E-state index contributed by atoms with van der Waals surface area (Å²) in [5.41, 5.74) is -0.360. The van der Waals surface area contributed by atoms with E-state index in [1.807, 2.05) is 0 Å². The minimum atomic E-state index is -3.45. The van der Waals surface area contributed by atoms with Crippen LogP contribution in [0.3, 0.4) is 0 Å². The van der Waals surface area contributed by atoms with Crippen molar-refractivity contribution in [3.8, 4) is 11.5 Å². The fourth-order valence-electron chi connectivity index (χ4n) is 2.91. The molecule has 1 fully saturated rings. The van der Waals surface area contributed by atoms with Gasteiger partial charge in [-0.25, -0.2) is 18.0 Å². The molecule has 0 aliphatic carbocycles. The highest BCUT2D eigenvalue weighted by atomic mass is 35.5. The van der Waals surface area contributed by atoms with E-state index in [4.69, 9.17) is 16.3 Å². The molecule has 0 aromatic heterocycles. The third-order valence-corrected chi connectivity index (χ3v) is 6.15. The fourth-order valence-corrected chi connectivity index (χ4v) is 3.75. The third-order valence-electron chi connectivity index (χ3n) is 4.56. The number of amides is 1. The van der Waals surface area contributed by atoms with Crippen molar-refractivity contribution in [1.29, 1.82) is 0 Å². The number of carbonyl (C=O) groups excluding carboxylic acids is 2. The van der Waals surface area contributed by atoms with Crippen LogP contribution in [-0.4, -0.2) is 69.9 Å². The molecule has 1 aromatic carbocycles. The third kappa shape index (κ3) is 3.72. The number of rotatable bonds is 7. The van der Waals surface area contributed by atoms with Crippen LogP contribution in [0.15, 0.2) is 12.1 Å². The molecule has 28 heavy (non-hydrogen) atoms. The van der Waals surface area contributed by atoms with E-state index in [0.717, 1.165) is 24.0 Å². The molecule has 0 saturated carbocycles. The number of halogens is 1. The van der Waals surface area contributed by atoms with Gasteiger partial charge in [-0.1, -0.05) is 11.6 Å². The molecule has 1 amide bonds. The monoisotopic (exact) mass is 435 g/mol. The maximum Gasteiger partial charge on any atom is 0.339 e. The molecule has 12 heteroatoms. The number of phenolic OH excluding ortho intramolecular Hbond substituents is 2. The zero-order chi connectivity index (χ0) is 21.4. The fraction of sp³-hybridized carbons (Fsp3) is 0.438. The van der Waals surface area contributed by atoms with E-state index in [0.29, 0.717) is 0 Å². The van der Waals surface area contributed by atoms with E-state index in [9.17, 15) is 38.1 Å². The summed E-state index contributed by atoms with van der Waals surface area (Å²) in [6, 6.07) is -0.223. The summed E-state index contributed by atoms with van der Waals surface area (Å²) in [7, 11) is -3.45. The molecule has 1 saturated heterocycles. The minimum absolute atomic E-state index is 0.0810. The molecular formula is C16H18ClNO9S. The van der Waals surface area contributed by atoms with Gasteiger partial charge in [0.25, 0.3) is 0 Å². The molecule has 0 bridgehead atoms. The van der Waals surface area contributed by atoms with Gasteiger partial charge < -0.3 is 25.0 Å². The Hall–Kier alpha value is -2.53. The number of carboxylic acids is 1. The topological polar surface area (TPSA) is 159 Å². The molecule has 0 unspecified atom stereocenters. The van der Waals surface area contributed by atoms with Crippen LogP contribution in [0.5, 0.6) is 11.5 Å². The number of hydrogen-bond acceptors (Lipinski definition) is 8. The van der Waals surface area contributed by atoms with Crippen LogP contribution in [0, 0.1) is 0 Å². The number of ether oxygens (including phenoxy) is 1. The van der Waals surface area contributed by atoms with Gasteiger partial charge >= 0.3 is 11.9 Å². The lowest BCUT2D eigenvalue weighted by Gasteiger charge is -2.46. The van der Waals surface area contributed by atoms with Crippen LogP contribution < -0.4 is 0 Å². The standard InChI is InChI=1S/C16H18ClNO9S/c1-7-5-10(20)18(7)13(14(22)23)16(2,28(25)26)6-27-15(24)8-3-4-9(19)12(21)11(8)17/h3-4,7,13,19,21,28H,5-6H2,1-2H3,(H,22,23)/t7-,13+,16+/m1/s1. The van der Waals surface area contributed by atoms with Crippen molar-refractivity contribution in [1.82, 2.24) is 4.90 Å². The lowest BCUT2D eigenvalue weighted by molar-refractivity contribution is -0.163. The Morgan fingerprint density at radius 1 is 1.39 bits per heavy atom. The van der Waals surface area contributed by atoms with Gasteiger partial charge in [-0.15, -0.1) is 0 Å². The van der Waals surface area contributed by atoms with E-state index < -0.39 is 68.5 Å². The van der Waals surface area contributed by atoms with Crippen molar-refractivity contribution < 1.29 is 42.9 Å². The Balaban J connectivity index is 2.31. The lowest BCUT2D eigenvalue weighted by atomic mass is 9.92. The van der Waals surface area contributed by atoms with Gasteiger partial charge in [0.2, 0.25) is 5.91 Å². The lowest BCUT2D eigenvalue weighted by Crippen LogP contribution is -2.67. The van der Waals surface area contributed by atoms with Gasteiger partial charge in [0, 0.05) is 12.5 Å². The SMILES string of the molecule is C[C@@H]1CC(=O)N1[C@@H](C(=O)O)[C@](C)(COC(=O)c1ccc(O)c(O)c1Cl)[SH](=O)=O. The Kier molecular flexibility index (Phi) is 6.09. The number of nitrogens with zero attached hydrogens (tertiary/aromatic N) is 1. The minimum Gasteiger partial charge on any atom is -0.504 e. The molecular weight excluding hydrogens is 418 g/mol. The molecule has 0 spiro atoms. The zero-order valence-corrected chi connectivity index (χ0v) is 16.4. The first-order chi connectivity index (χ1) is 12.9. The van der Waals surface area contributed by atoms with E-state index in [1.165, 1.54) is 0 Å². The number of carboxylic acid groups (broad SMARTS) is 1. The number of carbonyl (C=O) groups is 3. The Bertz CT molecular complexity index is 908. The predicted molar refractivity (Wildman–Crippen MR) is 96.1 cm³/mol. The second-order valence-electron chi connectivity index (χ2n) is 6.58. The molecule has 1 aliphatic rings. The number of benzene rings is 1. The van der Waals surface area contributed by atoms with Crippen molar-refractivity contribution in [3.63, 3.8) is 0 Å². The van der Waals surface area contributed by atoms with Crippen LogP contribution in [0.1, 0.15) is 30.6 Å². The molecule has 3 N–H and O–H groups in total. The van der Waals surface area contributed by atoms with Gasteiger partial charge in [0.15, 0.2) is 28.2 Å². The average molecular weight is 436 g/mol. The van der Waals surface area contributed by atoms with E-state index in [2.05, 4.69) is 0 Å². The number of thiol groups is 1. The highest BCUT2D eigenvalue weighted by molar-refractivity contribution is 7.74. The summed E-state index contributed by atoms with van der Waals surface area (Å²) >= 11 is 5.76. The summed E-state index contributed by atoms with van der Waals surface area (Å²) < 4.78 is 26.6. The smallest absolute Gasteiger partial charge is 0.339 e. The normalized spacial score (nSPS) is 19.6. The molecule has 3 atom stereocenters. The number of β-lactam (4-membered cyclic amide) rings is 1. The van der Waals surface area contributed by atoms with Crippen molar-refractivity contribution in [3.05, 3.63) is 22.7 Å². The van der Waals surface area contributed by atoms with Gasteiger partial charge in [0.05, 0.1) is 5.56 Å². The maximum atomic E-state index is 12.2. The number of hydrogen-bond donors (Lipinski definition) is 4. The van der Waals surface area contributed by atoms with Gasteiger partial charge in [-0.3, -0.25) is 4.79 Å². The van der Waals surface area contributed by atoms with Crippen molar-refractivity contribution in [2.24, 2.45) is 0 Å².